The highest BCUT2D eigenvalue weighted by Crippen LogP contribution is 2.18. The van der Waals surface area contributed by atoms with Crippen LogP contribution in [-0.2, 0) is 0 Å². The van der Waals surface area contributed by atoms with E-state index in [9.17, 15) is 0 Å². The Kier molecular flexibility index (Phi) is 5.53. The van der Waals surface area contributed by atoms with Crippen LogP contribution in [0, 0.1) is 5.92 Å². The highest BCUT2D eigenvalue weighted by molar-refractivity contribution is 5.85. The van der Waals surface area contributed by atoms with Crippen LogP contribution < -0.4 is 5.32 Å². The molecule has 1 N–H and O–H groups in total. The van der Waals surface area contributed by atoms with Crippen molar-refractivity contribution in [2.45, 2.75) is 33.6 Å². The molecule has 0 aliphatic carbocycles. The molecule has 1 heterocycles. The summed E-state index contributed by atoms with van der Waals surface area (Å²) < 4.78 is 0. The summed E-state index contributed by atoms with van der Waals surface area (Å²) in [4.78, 5) is 7.08. The van der Waals surface area contributed by atoms with Crippen LogP contribution in [0.1, 0.15) is 33.6 Å². The van der Waals surface area contributed by atoms with Gasteiger partial charge in [0.1, 0.15) is 5.82 Å². The first-order chi connectivity index (χ1) is 7.67. The lowest BCUT2D eigenvalue weighted by Crippen LogP contribution is -2.33. The average molecular weight is 223 g/mol. The lowest BCUT2D eigenvalue weighted by Gasteiger charge is -2.28. The number of nitrogens with one attached hydrogen (secondary N) is 1. The molecule has 0 aromatic heterocycles. The lowest BCUT2D eigenvalue weighted by atomic mass is 9.93. The SMILES string of the molecule is C/C=C(\N=C(C)C1CCN(C)CC1)NCC. The summed E-state index contributed by atoms with van der Waals surface area (Å²) in [5, 5.41) is 3.27. The number of rotatable bonds is 4. The Balaban J connectivity index is 2.55. The topological polar surface area (TPSA) is 27.6 Å². The van der Waals surface area contributed by atoms with Gasteiger partial charge in [-0.15, -0.1) is 0 Å². The summed E-state index contributed by atoms with van der Waals surface area (Å²) in [7, 11) is 2.19. The van der Waals surface area contributed by atoms with Gasteiger partial charge in [-0.3, -0.25) is 0 Å². The second-order valence-electron chi connectivity index (χ2n) is 4.53. The fraction of sp³-hybridized carbons (Fsp3) is 0.769. The molecule has 0 aromatic carbocycles. The van der Waals surface area contributed by atoms with E-state index in [1.54, 1.807) is 0 Å². The third kappa shape index (κ3) is 3.97. The molecule has 3 heteroatoms. The van der Waals surface area contributed by atoms with Gasteiger partial charge < -0.3 is 10.2 Å². The molecule has 92 valence electrons. The van der Waals surface area contributed by atoms with Gasteiger partial charge in [0.25, 0.3) is 0 Å². The molecule has 1 aliphatic heterocycles. The first-order valence-electron chi connectivity index (χ1n) is 6.31. The van der Waals surface area contributed by atoms with Crippen molar-refractivity contribution < 1.29 is 0 Å². The van der Waals surface area contributed by atoms with Gasteiger partial charge in [0, 0.05) is 12.3 Å². The molecular weight excluding hydrogens is 198 g/mol. The van der Waals surface area contributed by atoms with E-state index in [2.05, 4.69) is 36.1 Å². The molecule has 1 fully saturated rings. The summed E-state index contributed by atoms with van der Waals surface area (Å²) >= 11 is 0. The summed E-state index contributed by atoms with van der Waals surface area (Å²) in [5.41, 5.74) is 1.28. The van der Waals surface area contributed by atoms with Crippen LogP contribution in [0.2, 0.25) is 0 Å². The van der Waals surface area contributed by atoms with Crippen molar-refractivity contribution in [2.24, 2.45) is 10.9 Å². The summed E-state index contributed by atoms with van der Waals surface area (Å²) in [5.74, 6) is 1.68. The minimum Gasteiger partial charge on any atom is -0.371 e. The van der Waals surface area contributed by atoms with Crippen LogP contribution in [0.5, 0.6) is 0 Å². The maximum Gasteiger partial charge on any atom is 0.121 e. The van der Waals surface area contributed by atoms with Crippen molar-refractivity contribution in [1.29, 1.82) is 0 Å². The number of likely N-dealkylation sites (tertiary alicyclic amines) is 1. The number of piperidine rings is 1. The number of hydrogen-bond acceptors (Lipinski definition) is 3. The number of nitrogens with zero attached hydrogens (tertiary/aromatic N) is 2. The number of hydrogen-bond donors (Lipinski definition) is 1. The summed E-state index contributed by atoms with van der Waals surface area (Å²) in [6.45, 7) is 9.63. The molecule has 0 saturated carbocycles. The third-order valence-electron chi connectivity index (χ3n) is 3.24. The van der Waals surface area contributed by atoms with Gasteiger partial charge in [-0.05, 0) is 65.7 Å². The fourth-order valence-electron chi connectivity index (χ4n) is 2.09. The van der Waals surface area contributed by atoms with Crippen molar-refractivity contribution >= 4 is 5.71 Å². The Hall–Kier alpha value is -0.830. The summed E-state index contributed by atoms with van der Waals surface area (Å²) in [6.07, 6.45) is 4.53. The molecule has 0 spiro atoms. The Morgan fingerprint density at radius 1 is 1.44 bits per heavy atom. The van der Waals surface area contributed by atoms with Gasteiger partial charge in [0.2, 0.25) is 0 Å². The van der Waals surface area contributed by atoms with E-state index in [-0.39, 0.29) is 0 Å². The van der Waals surface area contributed by atoms with Crippen molar-refractivity contribution in [3.63, 3.8) is 0 Å². The molecule has 1 rings (SSSR count). The molecule has 1 aliphatic rings. The molecule has 0 aromatic rings. The smallest absolute Gasteiger partial charge is 0.121 e. The Morgan fingerprint density at radius 2 is 2.06 bits per heavy atom. The lowest BCUT2D eigenvalue weighted by molar-refractivity contribution is 0.251. The quantitative estimate of drug-likeness (QED) is 0.740. The van der Waals surface area contributed by atoms with Gasteiger partial charge in [0.05, 0.1) is 0 Å². The van der Waals surface area contributed by atoms with Crippen LogP contribution in [0.25, 0.3) is 0 Å². The number of aliphatic imine (C=N–C) groups is 1. The van der Waals surface area contributed by atoms with Crippen LogP contribution >= 0.6 is 0 Å². The molecule has 0 unspecified atom stereocenters. The van der Waals surface area contributed by atoms with E-state index in [1.807, 2.05) is 13.0 Å². The van der Waals surface area contributed by atoms with Gasteiger partial charge in [-0.25, -0.2) is 4.99 Å². The average Bonchev–Trinajstić information content (AvgIpc) is 2.29. The molecule has 0 atom stereocenters. The second kappa shape index (κ2) is 6.69. The molecule has 1 saturated heterocycles. The maximum absolute atomic E-state index is 4.68. The zero-order valence-electron chi connectivity index (χ0n) is 11.1. The normalized spacial score (nSPS) is 21.2. The predicted molar refractivity (Wildman–Crippen MR) is 70.8 cm³/mol. The third-order valence-corrected chi connectivity index (χ3v) is 3.24. The van der Waals surface area contributed by atoms with Crippen molar-refractivity contribution in [2.75, 3.05) is 26.7 Å². The van der Waals surface area contributed by atoms with E-state index < -0.39 is 0 Å². The molecule has 16 heavy (non-hydrogen) atoms. The van der Waals surface area contributed by atoms with Crippen molar-refractivity contribution in [3.05, 3.63) is 11.9 Å². The minimum atomic E-state index is 0.671. The molecular formula is C13H25N3. The highest BCUT2D eigenvalue weighted by Gasteiger charge is 2.18. The maximum atomic E-state index is 4.68. The van der Waals surface area contributed by atoms with Crippen LogP contribution in [0.3, 0.4) is 0 Å². The first-order valence-corrected chi connectivity index (χ1v) is 6.31. The zero-order valence-corrected chi connectivity index (χ0v) is 11.1. The standard InChI is InChI=1S/C13H25N3/c1-5-13(14-6-2)15-11(3)12-7-9-16(4)10-8-12/h5,12,14H,6-10H2,1-4H3/b13-5-,15-11?. The molecule has 0 radical (unpaired) electrons. The van der Waals surface area contributed by atoms with Crippen LogP contribution in [0.4, 0.5) is 0 Å². The van der Waals surface area contributed by atoms with E-state index in [1.165, 1.54) is 31.6 Å². The molecule has 0 amide bonds. The van der Waals surface area contributed by atoms with Gasteiger partial charge in [0.15, 0.2) is 0 Å². The van der Waals surface area contributed by atoms with Crippen molar-refractivity contribution in [1.82, 2.24) is 10.2 Å². The minimum absolute atomic E-state index is 0.671. The van der Waals surface area contributed by atoms with E-state index in [0.717, 1.165) is 12.4 Å². The molecule has 0 bridgehead atoms. The zero-order chi connectivity index (χ0) is 12.0. The Labute approximate surface area is 99.6 Å². The Bertz CT molecular complexity index is 260. The highest BCUT2D eigenvalue weighted by atomic mass is 15.1. The predicted octanol–water partition coefficient (Wildman–Crippen LogP) is 2.26. The second-order valence-corrected chi connectivity index (χ2v) is 4.53. The monoisotopic (exact) mass is 223 g/mol. The molecule has 3 nitrogen and oxygen atoms in total. The van der Waals surface area contributed by atoms with Gasteiger partial charge in [-0.1, -0.05) is 0 Å². The van der Waals surface area contributed by atoms with Gasteiger partial charge >= 0.3 is 0 Å². The van der Waals surface area contributed by atoms with Crippen molar-refractivity contribution in [3.8, 4) is 0 Å². The Morgan fingerprint density at radius 3 is 2.56 bits per heavy atom. The number of allylic oxidation sites excluding steroid dienone is 1. The van der Waals surface area contributed by atoms with Crippen LogP contribution in [0.15, 0.2) is 16.9 Å². The van der Waals surface area contributed by atoms with Crippen LogP contribution in [-0.4, -0.2) is 37.3 Å². The first kappa shape index (κ1) is 13.2. The van der Waals surface area contributed by atoms with E-state index in [4.69, 9.17) is 0 Å². The largest absolute Gasteiger partial charge is 0.371 e. The van der Waals surface area contributed by atoms with Gasteiger partial charge in [-0.2, -0.15) is 0 Å². The van der Waals surface area contributed by atoms with E-state index in [0.29, 0.717) is 5.92 Å². The summed E-state index contributed by atoms with van der Waals surface area (Å²) in [6, 6.07) is 0. The fourth-order valence-corrected chi connectivity index (χ4v) is 2.09. The van der Waals surface area contributed by atoms with E-state index >= 15 is 0 Å².